The molecule has 0 spiro atoms. The van der Waals surface area contributed by atoms with Crippen molar-refractivity contribution in [3.63, 3.8) is 0 Å². The highest BCUT2D eigenvalue weighted by Crippen LogP contribution is 2.48. The van der Waals surface area contributed by atoms with Crippen molar-refractivity contribution >= 4 is 11.7 Å². The van der Waals surface area contributed by atoms with Gasteiger partial charge in [-0.1, -0.05) is 0 Å². The number of furan rings is 1. The Morgan fingerprint density at radius 3 is 2.91 bits per heavy atom. The average Bonchev–Trinajstić information content (AvgIpc) is 3.29. The number of nitrogens with zero attached hydrogens (tertiary/aromatic N) is 4. The van der Waals surface area contributed by atoms with E-state index in [2.05, 4.69) is 15.1 Å². The van der Waals surface area contributed by atoms with Gasteiger partial charge in [0.15, 0.2) is 5.82 Å². The molecule has 0 bridgehead atoms. The molecular formula is C17H20N4O2. The van der Waals surface area contributed by atoms with Gasteiger partial charge in [0.1, 0.15) is 5.76 Å². The van der Waals surface area contributed by atoms with Gasteiger partial charge in [0.25, 0.3) is 0 Å². The quantitative estimate of drug-likeness (QED) is 0.866. The minimum Gasteiger partial charge on any atom is -0.469 e. The Morgan fingerprint density at radius 1 is 1.17 bits per heavy atom. The highest BCUT2D eigenvalue weighted by atomic mass is 16.3. The third-order valence-electron chi connectivity index (χ3n) is 4.71. The van der Waals surface area contributed by atoms with Crippen molar-refractivity contribution in [2.75, 3.05) is 31.1 Å². The summed E-state index contributed by atoms with van der Waals surface area (Å²) in [6.07, 6.45) is 5.23. The summed E-state index contributed by atoms with van der Waals surface area (Å²) >= 11 is 0. The lowest BCUT2D eigenvalue weighted by molar-refractivity contribution is -0.132. The zero-order valence-electron chi connectivity index (χ0n) is 13.0. The maximum atomic E-state index is 12.7. The summed E-state index contributed by atoms with van der Waals surface area (Å²) in [5.41, 5.74) is 0. The lowest BCUT2D eigenvalue weighted by Gasteiger charge is -2.22. The molecule has 2 atom stereocenters. The van der Waals surface area contributed by atoms with Crippen LogP contribution in [0.15, 0.2) is 41.1 Å². The molecule has 0 unspecified atom stereocenters. The van der Waals surface area contributed by atoms with E-state index < -0.39 is 0 Å². The molecule has 1 amide bonds. The fourth-order valence-electron chi connectivity index (χ4n) is 3.35. The van der Waals surface area contributed by atoms with Crippen molar-refractivity contribution in [3.05, 3.63) is 42.5 Å². The molecule has 1 aliphatic carbocycles. The second-order valence-electron chi connectivity index (χ2n) is 6.21. The molecule has 2 aliphatic rings. The highest BCUT2D eigenvalue weighted by Gasteiger charge is 2.47. The topological polar surface area (TPSA) is 62.5 Å². The summed E-state index contributed by atoms with van der Waals surface area (Å²) in [5.74, 6) is 2.48. The van der Waals surface area contributed by atoms with Crippen LogP contribution in [0.1, 0.15) is 24.5 Å². The molecule has 6 heteroatoms. The van der Waals surface area contributed by atoms with Crippen LogP contribution in [-0.4, -0.2) is 47.2 Å². The molecule has 2 fully saturated rings. The van der Waals surface area contributed by atoms with Gasteiger partial charge in [-0.05, 0) is 37.1 Å². The van der Waals surface area contributed by atoms with E-state index in [1.54, 1.807) is 12.5 Å². The second-order valence-corrected chi connectivity index (χ2v) is 6.21. The summed E-state index contributed by atoms with van der Waals surface area (Å²) < 4.78 is 5.43. The maximum Gasteiger partial charge on any atom is 0.226 e. The van der Waals surface area contributed by atoms with Crippen LogP contribution < -0.4 is 4.90 Å². The third-order valence-corrected chi connectivity index (χ3v) is 4.71. The van der Waals surface area contributed by atoms with Crippen LogP contribution in [0.5, 0.6) is 0 Å². The molecule has 0 aromatic carbocycles. The maximum absolute atomic E-state index is 12.7. The van der Waals surface area contributed by atoms with E-state index in [1.165, 1.54) is 0 Å². The van der Waals surface area contributed by atoms with Gasteiger partial charge in [-0.15, -0.1) is 5.10 Å². The standard InChI is InChI=1S/C17H20N4O2/c22-17(14-12-13(14)15-4-2-11-23-15)21-8-3-7-20(9-10-21)16-5-1-6-18-19-16/h1-2,4-6,11,13-14H,3,7-10,12H2/t13-,14+/m0/s1. The summed E-state index contributed by atoms with van der Waals surface area (Å²) in [6, 6.07) is 7.72. The number of hydrogen-bond donors (Lipinski definition) is 0. The molecule has 1 saturated carbocycles. The Morgan fingerprint density at radius 2 is 2.13 bits per heavy atom. The number of hydrogen-bond acceptors (Lipinski definition) is 5. The molecule has 6 nitrogen and oxygen atoms in total. The summed E-state index contributed by atoms with van der Waals surface area (Å²) in [6.45, 7) is 3.28. The van der Waals surface area contributed by atoms with E-state index in [0.29, 0.717) is 0 Å². The largest absolute Gasteiger partial charge is 0.469 e. The van der Waals surface area contributed by atoms with E-state index >= 15 is 0 Å². The summed E-state index contributed by atoms with van der Waals surface area (Å²) in [7, 11) is 0. The number of carbonyl (C=O) groups is 1. The second kappa shape index (κ2) is 6.02. The van der Waals surface area contributed by atoms with Crippen molar-refractivity contribution in [2.24, 2.45) is 5.92 Å². The minimum absolute atomic E-state index is 0.101. The molecule has 4 rings (SSSR count). The fourth-order valence-corrected chi connectivity index (χ4v) is 3.35. The minimum atomic E-state index is 0.101. The fraction of sp³-hybridized carbons (Fsp3) is 0.471. The van der Waals surface area contributed by atoms with Gasteiger partial charge in [-0.25, -0.2) is 0 Å². The van der Waals surface area contributed by atoms with Gasteiger partial charge in [0.2, 0.25) is 5.91 Å². The Balaban J connectivity index is 1.37. The molecule has 1 aliphatic heterocycles. The zero-order valence-corrected chi connectivity index (χ0v) is 13.0. The number of anilines is 1. The van der Waals surface area contributed by atoms with Gasteiger partial charge in [-0.3, -0.25) is 4.79 Å². The van der Waals surface area contributed by atoms with Crippen LogP contribution in [-0.2, 0) is 4.79 Å². The Kier molecular flexibility index (Phi) is 3.73. The van der Waals surface area contributed by atoms with Crippen molar-refractivity contribution in [2.45, 2.75) is 18.8 Å². The number of aromatic nitrogens is 2. The molecular weight excluding hydrogens is 292 g/mol. The Hall–Kier alpha value is -2.37. The van der Waals surface area contributed by atoms with E-state index in [-0.39, 0.29) is 17.7 Å². The van der Waals surface area contributed by atoms with Crippen LogP contribution >= 0.6 is 0 Å². The smallest absolute Gasteiger partial charge is 0.226 e. The molecule has 2 aromatic heterocycles. The first kappa shape index (κ1) is 14.2. The van der Waals surface area contributed by atoms with Gasteiger partial charge in [0, 0.05) is 44.2 Å². The van der Waals surface area contributed by atoms with Gasteiger partial charge in [-0.2, -0.15) is 5.10 Å². The molecule has 1 saturated heterocycles. The summed E-state index contributed by atoms with van der Waals surface area (Å²) in [5, 5.41) is 8.11. The molecule has 3 heterocycles. The van der Waals surface area contributed by atoms with E-state index in [4.69, 9.17) is 4.42 Å². The van der Waals surface area contributed by atoms with Gasteiger partial charge in [0.05, 0.1) is 6.26 Å². The van der Waals surface area contributed by atoms with Crippen molar-refractivity contribution in [3.8, 4) is 0 Å². The first-order chi connectivity index (χ1) is 11.3. The Bertz CT molecular complexity index is 658. The van der Waals surface area contributed by atoms with Crippen LogP contribution in [0, 0.1) is 5.92 Å². The zero-order chi connectivity index (χ0) is 15.6. The van der Waals surface area contributed by atoms with E-state index in [9.17, 15) is 4.79 Å². The monoisotopic (exact) mass is 312 g/mol. The molecule has 2 aromatic rings. The van der Waals surface area contributed by atoms with Crippen LogP contribution in [0.2, 0.25) is 0 Å². The Labute approximate surface area is 135 Å². The van der Waals surface area contributed by atoms with Gasteiger partial charge < -0.3 is 14.2 Å². The molecule has 120 valence electrons. The number of amides is 1. The van der Waals surface area contributed by atoms with Gasteiger partial charge >= 0.3 is 0 Å². The van der Waals surface area contributed by atoms with Crippen LogP contribution in [0.25, 0.3) is 0 Å². The molecule has 23 heavy (non-hydrogen) atoms. The SMILES string of the molecule is O=C([C@@H]1C[C@@H]1c1ccco1)N1CCCN(c2cccnn2)CC1. The third kappa shape index (κ3) is 2.93. The lowest BCUT2D eigenvalue weighted by atomic mass is 10.2. The van der Waals surface area contributed by atoms with Crippen molar-refractivity contribution in [1.82, 2.24) is 15.1 Å². The number of rotatable bonds is 3. The first-order valence-corrected chi connectivity index (χ1v) is 8.18. The molecule has 0 N–H and O–H groups in total. The predicted molar refractivity (Wildman–Crippen MR) is 85.0 cm³/mol. The molecule has 0 radical (unpaired) electrons. The van der Waals surface area contributed by atoms with Crippen molar-refractivity contribution < 1.29 is 9.21 Å². The number of carbonyl (C=O) groups excluding carboxylic acids is 1. The average molecular weight is 312 g/mol. The normalized spacial score (nSPS) is 24.3. The first-order valence-electron chi connectivity index (χ1n) is 8.18. The van der Waals surface area contributed by atoms with E-state index in [1.807, 2.05) is 29.2 Å². The van der Waals surface area contributed by atoms with Crippen LogP contribution in [0.3, 0.4) is 0 Å². The van der Waals surface area contributed by atoms with Crippen molar-refractivity contribution in [1.29, 1.82) is 0 Å². The van der Waals surface area contributed by atoms with Crippen LogP contribution in [0.4, 0.5) is 5.82 Å². The summed E-state index contributed by atoms with van der Waals surface area (Å²) in [4.78, 5) is 16.9. The predicted octanol–water partition coefficient (Wildman–Crippen LogP) is 1.91. The highest BCUT2D eigenvalue weighted by molar-refractivity contribution is 5.83. The van der Waals surface area contributed by atoms with E-state index in [0.717, 1.165) is 50.6 Å². The lowest BCUT2D eigenvalue weighted by Crippen LogP contribution is -2.36.